The van der Waals surface area contributed by atoms with Crippen LogP contribution in [0.3, 0.4) is 0 Å². The van der Waals surface area contributed by atoms with Crippen LogP contribution >= 0.6 is 15.9 Å². The smallest absolute Gasteiger partial charge is 0.151 e. The second-order valence-electron chi connectivity index (χ2n) is 4.11. The number of anilines is 1. The quantitative estimate of drug-likeness (QED) is 0.776. The van der Waals surface area contributed by atoms with E-state index in [2.05, 4.69) is 38.8 Å². The minimum absolute atomic E-state index is 0.719. The van der Waals surface area contributed by atoms with Gasteiger partial charge >= 0.3 is 0 Å². The number of hydrogen-bond acceptors (Lipinski definition) is 3. The molecule has 0 N–H and O–H groups in total. The molecule has 1 aliphatic rings. The number of hydrogen-bond donors (Lipinski definition) is 0. The molecule has 16 heavy (non-hydrogen) atoms. The molecule has 0 radical (unpaired) electrons. The first-order chi connectivity index (χ1) is 7.70. The molecule has 1 aliphatic heterocycles. The van der Waals surface area contributed by atoms with Gasteiger partial charge < -0.3 is 9.80 Å². The Bertz CT molecular complexity index is 387. The Hall–Kier alpha value is -0.870. The summed E-state index contributed by atoms with van der Waals surface area (Å²) in [5.74, 6) is 0. The van der Waals surface area contributed by atoms with Crippen LogP contribution in [-0.4, -0.2) is 44.4 Å². The van der Waals surface area contributed by atoms with Crippen LogP contribution in [0.2, 0.25) is 0 Å². The normalized spacial score (nSPS) is 17.5. The van der Waals surface area contributed by atoms with E-state index in [1.807, 2.05) is 12.1 Å². The Kier molecular flexibility index (Phi) is 3.61. The van der Waals surface area contributed by atoms with Gasteiger partial charge in [0.15, 0.2) is 6.29 Å². The fraction of sp³-hybridized carbons (Fsp3) is 0.417. The fourth-order valence-electron chi connectivity index (χ4n) is 1.88. The summed E-state index contributed by atoms with van der Waals surface area (Å²) in [7, 11) is 2.13. The molecule has 0 atom stereocenters. The lowest BCUT2D eigenvalue weighted by molar-refractivity contribution is 0.112. The molecular weight excluding hydrogens is 268 g/mol. The lowest BCUT2D eigenvalue weighted by Gasteiger charge is -2.34. The number of halogens is 1. The second kappa shape index (κ2) is 4.97. The first-order valence-electron chi connectivity index (χ1n) is 5.39. The van der Waals surface area contributed by atoms with Gasteiger partial charge in [-0.15, -0.1) is 0 Å². The average Bonchev–Trinajstić information content (AvgIpc) is 2.31. The molecule has 0 aliphatic carbocycles. The van der Waals surface area contributed by atoms with E-state index in [4.69, 9.17) is 0 Å². The highest BCUT2D eigenvalue weighted by Crippen LogP contribution is 2.23. The SMILES string of the molecule is CN1CCN(c2ccc(Br)c(C=O)c2)CC1. The highest BCUT2D eigenvalue weighted by Gasteiger charge is 2.14. The number of likely N-dealkylation sites (N-methyl/N-ethyl adjacent to an activating group) is 1. The van der Waals surface area contributed by atoms with Gasteiger partial charge in [0.25, 0.3) is 0 Å². The van der Waals surface area contributed by atoms with Crippen LogP contribution in [0.5, 0.6) is 0 Å². The molecule has 0 saturated carbocycles. The van der Waals surface area contributed by atoms with E-state index < -0.39 is 0 Å². The fourth-order valence-corrected chi connectivity index (χ4v) is 2.22. The topological polar surface area (TPSA) is 23.6 Å². The van der Waals surface area contributed by atoms with E-state index in [1.165, 1.54) is 0 Å². The van der Waals surface area contributed by atoms with Crippen molar-refractivity contribution in [3.05, 3.63) is 28.2 Å². The predicted octanol–water partition coefficient (Wildman–Crippen LogP) is 2.01. The maximum Gasteiger partial charge on any atom is 0.151 e. The third-order valence-electron chi connectivity index (χ3n) is 2.97. The Labute approximate surface area is 104 Å². The highest BCUT2D eigenvalue weighted by molar-refractivity contribution is 9.10. The minimum Gasteiger partial charge on any atom is -0.369 e. The predicted molar refractivity (Wildman–Crippen MR) is 69.2 cm³/mol. The van der Waals surface area contributed by atoms with Crippen molar-refractivity contribution in [2.45, 2.75) is 0 Å². The van der Waals surface area contributed by atoms with Crippen molar-refractivity contribution in [1.82, 2.24) is 4.90 Å². The molecule has 1 aromatic rings. The summed E-state index contributed by atoms with van der Waals surface area (Å²) in [4.78, 5) is 15.5. The molecule has 3 nitrogen and oxygen atoms in total. The second-order valence-corrected chi connectivity index (χ2v) is 4.97. The van der Waals surface area contributed by atoms with E-state index in [9.17, 15) is 4.79 Å². The van der Waals surface area contributed by atoms with Crippen molar-refractivity contribution in [3.8, 4) is 0 Å². The van der Waals surface area contributed by atoms with Crippen molar-refractivity contribution in [1.29, 1.82) is 0 Å². The summed E-state index contributed by atoms with van der Waals surface area (Å²) in [6, 6.07) is 5.95. The molecule has 1 aromatic carbocycles. The van der Waals surface area contributed by atoms with Gasteiger partial charge in [-0.25, -0.2) is 0 Å². The van der Waals surface area contributed by atoms with Gasteiger partial charge in [0.05, 0.1) is 0 Å². The Morgan fingerprint density at radius 2 is 1.94 bits per heavy atom. The standard InChI is InChI=1S/C12H15BrN2O/c1-14-4-6-15(7-5-14)11-2-3-12(13)10(8-11)9-16/h2-3,8-9H,4-7H2,1H3. The average molecular weight is 283 g/mol. The van der Waals surface area contributed by atoms with E-state index in [1.54, 1.807) is 0 Å². The van der Waals surface area contributed by atoms with Crippen molar-refractivity contribution < 1.29 is 4.79 Å². The number of aldehydes is 1. The van der Waals surface area contributed by atoms with Crippen molar-refractivity contribution >= 4 is 27.9 Å². The summed E-state index contributed by atoms with van der Waals surface area (Å²) in [6.07, 6.45) is 0.893. The first-order valence-corrected chi connectivity index (χ1v) is 6.18. The Morgan fingerprint density at radius 3 is 2.56 bits per heavy atom. The maximum atomic E-state index is 10.9. The number of nitrogens with zero attached hydrogens (tertiary/aromatic N) is 2. The molecule has 0 unspecified atom stereocenters. The summed E-state index contributed by atoms with van der Waals surface area (Å²) < 4.78 is 0.861. The Balaban J connectivity index is 2.17. The molecule has 0 spiro atoms. The van der Waals surface area contributed by atoms with Crippen LogP contribution in [0.15, 0.2) is 22.7 Å². The van der Waals surface area contributed by atoms with E-state index in [0.717, 1.165) is 48.2 Å². The van der Waals surface area contributed by atoms with Gasteiger partial charge in [-0.05, 0) is 25.2 Å². The first kappa shape index (κ1) is 11.6. The zero-order valence-corrected chi connectivity index (χ0v) is 10.9. The number of carbonyl (C=O) groups excluding carboxylic acids is 1. The van der Waals surface area contributed by atoms with Crippen molar-refractivity contribution in [2.24, 2.45) is 0 Å². The Morgan fingerprint density at radius 1 is 1.25 bits per heavy atom. The van der Waals surface area contributed by atoms with Gasteiger partial charge in [-0.3, -0.25) is 4.79 Å². The largest absolute Gasteiger partial charge is 0.369 e. The molecule has 1 fully saturated rings. The van der Waals surface area contributed by atoms with Crippen molar-refractivity contribution in [2.75, 3.05) is 38.1 Å². The molecule has 0 aromatic heterocycles. The van der Waals surface area contributed by atoms with E-state index >= 15 is 0 Å². The lowest BCUT2D eigenvalue weighted by atomic mass is 10.2. The molecule has 0 amide bonds. The third kappa shape index (κ3) is 2.44. The van der Waals surface area contributed by atoms with E-state index in [0.29, 0.717) is 0 Å². The minimum atomic E-state index is 0.719. The molecule has 1 saturated heterocycles. The summed E-state index contributed by atoms with van der Waals surface area (Å²) in [6.45, 7) is 4.20. The molecule has 86 valence electrons. The van der Waals surface area contributed by atoms with Gasteiger partial charge in [-0.2, -0.15) is 0 Å². The van der Waals surface area contributed by atoms with Gasteiger partial charge in [-0.1, -0.05) is 15.9 Å². The highest BCUT2D eigenvalue weighted by atomic mass is 79.9. The van der Waals surface area contributed by atoms with Crippen LogP contribution in [0.25, 0.3) is 0 Å². The molecular formula is C12H15BrN2O. The molecule has 1 heterocycles. The molecule has 2 rings (SSSR count). The van der Waals surface area contributed by atoms with Gasteiger partial charge in [0.1, 0.15) is 0 Å². The lowest BCUT2D eigenvalue weighted by Crippen LogP contribution is -2.44. The van der Waals surface area contributed by atoms with Crippen molar-refractivity contribution in [3.63, 3.8) is 0 Å². The molecule has 0 bridgehead atoms. The van der Waals surface area contributed by atoms with E-state index in [-0.39, 0.29) is 0 Å². The van der Waals surface area contributed by atoms with Crippen LogP contribution in [0, 0.1) is 0 Å². The van der Waals surface area contributed by atoms with Crippen LogP contribution in [-0.2, 0) is 0 Å². The summed E-state index contributed by atoms with van der Waals surface area (Å²) in [5, 5.41) is 0. The van der Waals surface area contributed by atoms with Crippen LogP contribution < -0.4 is 4.90 Å². The van der Waals surface area contributed by atoms with Gasteiger partial charge in [0, 0.05) is 41.9 Å². The zero-order chi connectivity index (χ0) is 11.5. The third-order valence-corrected chi connectivity index (χ3v) is 3.70. The number of piperazine rings is 1. The number of benzene rings is 1. The number of rotatable bonds is 2. The van der Waals surface area contributed by atoms with Gasteiger partial charge in [0.2, 0.25) is 0 Å². The summed E-state index contributed by atoms with van der Waals surface area (Å²) in [5.41, 5.74) is 1.86. The zero-order valence-electron chi connectivity index (χ0n) is 9.32. The molecule has 4 heteroatoms. The maximum absolute atomic E-state index is 10.9. The monoisotopic (exact) mass is 282 g/mol. The van der Waals surface area contributed by atoms with Crippen LogP contribution in [0.1, 0.15) is 10.4 Å². The summed E-state index contributed by atoms with van der Waals surface area (Å²) >= 11 is 3.37. The number of carbonyl (C=O) groups is 1. The van der Waals surface area contributed by atoms with Crippen LogP contribution in [0.4, 0.5) is 5.69 Å².